The normalized spacial score (nSPS) is 25.0. The number of hydrogen-bond donors (Lipinski definition) is 2. The number of aliphatic hydroxyl groups excluding tert-OH is 2. The van der Waals surface area contributed by atoms with E-state index in [2.05, 4.69) is 80.1 Å². The summed E-state index contributed by atoms with van der Waals surface area (Å²) in [6, 6.07) is 5.86. The second kappa shape index (κ2) is 12.3. The summed E-state index contributed by atoms with van der Waals surface area (Å²) >= 11 is 3.13. The average molecular weight is 553 g/mol. The molecule has 0 amide bonds. The maximum atomic E-state index is 11.5. The quantitative estimate of drug-likeness (QED) is 0.222. The molecule has 1 heterocycles. The van der Waals surface area contributed by atoms with Crippen molar-refractivity contribution in [2.45, 2.75) is 82.6 Å². The lowest BCUT2D eigenvalue weighted by Crippen LogP contribution is -2.61. The fourth-order valence-electron chi connectivity index (χ4n) is 5.07. The molecule has 7 nitrogen and oxygen atoms in total. The number of non-ortho nitro benzene ring substituents is 1. The number of nitrogens with zero attached hydrogens (tertiary/aromatic N) is 1. The lowest BCUT2D eigenvalue weighted by molar-refractivity contribution is -0.384. The number of benzene rings is 1. The third-order valence-corrected chi connectivity index (χ3v) is 12.9. The Morgan fingerprint density at radius 2 is 1.68 bits per heavy atom. The van der Waals surface area contributed by atoms with Crippen LogP contribution >= 0.6 is 15.9 Å². The topological polar surface area (TPSA) is 102 Å². The Hall–Kier alpha value is -1.72. The van der Waals surface area contributed by atoms with E-state index >= 15 is 0 Å². The van der Waals surface area contributed by atoms with E-state index in [4.69, 9.17) is 9.16 Å². The van der Waals surface area contributed by atoms with Crippen molar-refractivity contribution in [1.82, 2.24) is 0 Å². The zero-order valence-corrected chi connectivity index (χ0v) is 23.1. The molecule has 9 heteroatoms. The highest BCUT2D eigenvalue weighted by Crippen LogP contribution is 2.45. The van der Waals surface area contributed by atoms with Gasteiger partial charge in [-0.2, -0.15) is 0 Å². The molecule has 186 valence electrons. The second-order valence-corrected chi connectivity index (χ2v) is 15.3. The number of nitro groups is 1. The third kappa shape index (κ3) is 6.09. The van der Waals surface area contributed by atoms with Crippen LogP contribution in [0.25, 0.3) is 0 Å². The molecule has 0 unspecified atom stereocenters. The van der Waals surface area contributed by atoms with Gasteiger partial charge < -0.3 is 19.4 Å². The van der Waals surface area contributed by atoms with Gasteiger partial charge in [-0.3, -0.25) is 10.1 Å². The summed E-state index contributed by atoms with van der Waals surface area (Å²) in [6.45, 7) is 12.6. The molecule has 1 fully saturated rings. The fraction of sp³-hybridized carbons (Fsp3) is 0.600. The highest BCUT2D eigenvalue weighted by atomic mass is 79.9. The predicted molar refractivity (Wildman–Crippen MR) is 138 cm³/mol. The minimum atomic E-state index is -2.39. The van der Waals surface area contributed by atoms with E-state index in [0.717, 1.165) is 0 Å². The van der Waals surface area contributed by atoms with Gasteiger partial charge in [0.15, 0.2) is 0 Å². The van der Waals surface area contributed by atoms with Crippen LogP contribution in [-0.4, -0.2) is 54.5 Å². The van der Waals surface area contributed by atoms with Gasteiger partial charge in [-0.15, -0.1) is 0 Å². The highest BCUT2D eigenvalue weighted by molar-refractivity contribution is 9.12. The van der Waals surface area contributed by atoms with Crippen molar-refractivity contribution in [3.05, 3.63) is 39.9 Å². The molecule has 1 aromatic carbocycles. The number of rotatable bonds is 7. The summed E-state index contributed by atoms with van der Waals surface area (Å²) in [4.78, 5) is 13.1. The van der Waals surface area contributed by atoms with Crippen LogP contribution in [0.2, 0.25) is 16.6 Å². The van der Waals surface area contributed by atoms with Gasteiger partial charge in [0, 0.05) is 33.6 Å². The average Bonchev–Trinajstić information content (AvgIpc) is 2.77. The van der Waals surface area contributed by atoms with Crippen LogP contribution in [-0.2, 0) is 9.16 Å². The minimum absolute atomic E-state index is 0.0261. The molecule has 1 aliphatic rings. The van der Waals surface area contributed by atoms with Crippen LogP contribution in [0, 0.1) is 38.6 Å². The SMILES string of the molecule is CC(C)[Si](O[C@@H]1[C@@H](O)[C@H](C#Cc2ccc([N+](=O)[O-])cc2)[C@@H](CO)O[C@H]1C#CBr)(C(C)C)C(C)C. The molecule has 0 aliphatic carbocycles. The van der Waals surface area contributed by atoms with E-state index in [0.29, 0.717) is 5.56 Å². The molecule has 0 aromatic heterocycles. The van der Waals surface area contributed by atoms with Crippen LogP contribution in [0.4, 0.5) is 5.69 Å². The van der Waals surface area contributed by atoms with Crippen molar-refractivity contribution >= 4 is 29.9 Å². The molecular weight excluding hydrogens is 518 g/mol. The van der Waals surface area contributed by atoms with E-state index < -0.39 is 43.6 Å². The van der Waals surface area contributed by atoms with E-state index in [1.807, 2.05) is 0 Å². The van der Waals surface area contributed by atoms with Crippen LogP contribution in [0.3, 0.4) is 0 Å². The summed E-state index contributed by atoms with van der Waals surface area (Å²) in [6.07, 6.45) is -3.26. The molecule has 2 N–H and O–H groups in total. The summed E-state index contributed by atoms with van der Waals surface area (Å²) in [5, 5.41) is 32.3. The molecule has 1 aromatic rings. The van der Waals surface area contributed by atoms with Gasteiger partial charge in [0.05, 0.1) is 29.7 Å². The van der Waals surface area contributed by atoms with Crippen LogP contribution in [0.1, 0.15) is 47.1 Å². The van der Waals surface area contributed by atoms with E-state index in [1.165, 1.54) is 12.1 Å². The van der Waals surface area contributed by atoms with Gasteiger partial charge in [-0.25, -0.2) is 0 Å². The maximum absolute atomic E-state index is 11.5. The minimum Gasteiger partial charge on any atom is -0.407 e. The molecule has 0 radical (unpaired) electrons. The van der Waals surface area contributed by atoms with Crippen molar-refractivity contribution in [3.8, 4) is 22.6 Å². The first-order chi connectivity index (χ1) is 16.0. The maximum Gasteiger partial charge on any atom is 0.269 e. The number of ether oxygens (including phenoxy) is 1. The first kappa shape index (κ1) is 28.5. The fourth-order valence-corrected chi connectivity index (χ4v) is 10.8. The highest BCUT2D eigenvalue weighted by Gasteiger charge is 2.52. The Balaban J connectivity index is 2.46. The van der Waals surface area contributed by atoms with Crippen LogP contribution in [0.5, 0.6) is 0 Å². The second-order valence-electron chi connectivity index (χ2n) is 9.51. The van der Waals surface area contributed by atoms with E-state index in [9.17, 15) is 20.3 Å². The van der Waals surface area contributed by atoms with Gasteiger partial charge >= 0.3 is 0 Å². The van der Waals surface area contributed by atoms with E-state index in [1.54, 1.807) is 12.1 Å². The molecular formula is C25H34BrNO6Si. The number of halogens is 1. The van der Waals surface area contributed by atoms with Gasteiger partial charge in [0.1, 0.15) is 12.2 Å². The Bertz CT molecular complexity index is 938. The zero-order chi connectivity index (χ0) is 25.6. The number of hydrogen-bond acceptors (Lipinski definition) is 6. The van der Waals surface area contributed by atoms with Crippen molar-refractivity contribution in [2.24, 2.45) is 5.92 Å². The van der Waals surface area contributed by atoms with Gasteiger partial charge in [-0.05, 0) is 33.6 Å². The Morgan fingerprint density at radius 3 is 2.12 bits per heavy atom. The molecule has 34 heavy (non-hydrogen) atoms. The van der Waals surface area contributed by atoms with Gasteiger partial charge in [0.2, 0.25) is 8.32 Å². The predicted octanol–water partition coefficient (Wildman–Crippen LogP) is 4.60. The summed E-state index contributed by atoms with van der Waals surface area (Å²) in [5.41, 5.74) is 1.40. The first-order valence-corrected chi connectivity index (χ1v) is 14.4. The standard InChI is InChI=1S/C25H34BrNO6Si/c1-16(2)34(17(3)4,18(5)6)33-25-22(13-14-26)32-23(15-28)21(24(25)29)12-9-19-7-10-20(11-8-19)27(30)31/h7-8,10-11,16-18,21-25,28-29H,15H2,1-6H3/t21-,22+,23-,24+,25+/m1/s1. The molecule has 0 saturated carbocycles. The van der Waals surface area contributed by atoms with Gasteiger partial charge in [0.25, 0.3) is 5.69 Å². The van der Waals surface area contributed by atoms with Crippen molar-refractivity contribution in [1.29, 1.82) is 0 Å². The van der Waals surface area contributed by atoms with Crippen molar-refractivity contribution in [2.75, 3.05) is 6.61 Å². The summed E-state index contributed by atoms with van der Waals surface area (Å²) in [7, 11) is -2.39. The lowest BCUT2D eigenvalue weighted by atomic mass is 9.87. The monoisotopic (exact) mass is 551 g/mol. The summed E-state index contributed by atoms with van der Waals surface area (Å²) < 4.78 is 13.0. The number of aliphatic hydroxyl groups is 2. The van der Waals surface area contributed by atoms with Crippen molar-refractivity contribution < 1.29 is 24.3 Å². The number of nitro benzene ring substituents is 1. The molecule has 0 bridgehead atoms. The Morgan fingerprint density at radius 1 is 1.12 bits per heavy atom. The Labute approximate surface area is 211 Å². The molecule has 1 aliphatic heterocycles. The van der Waals surface area contributed by atoms with E-state index in [-0.39, 0.29) is 28.9 Å². The van der Waals surface area contributed by atoms with Crippen molar-refractivity contribution in [3.63, 3.8) is 0 Å². The van der Waals surface area contributed by atoms with Crippen LogP contribution in [0.15, 0.2) is 24.3 Å². The molecule has 5 atom stereocenters. The lowest BCUT2D eigenvalue weighted by Gasteiger charge is -2.49. The zero-order valence-electron chi connectivity index (χ0n) is 20.5. The molecule has 0 spiro atoms. The molecule has 2 rings (SSSR count). The summed E-state index contributed by atoms with van der Waals surface area (Å²) in [5.74, 6) is 8.20. The van der Waals surface area contributed by atoms with Crippen LogP contribution < -0.4 is 0 Å². The molecule has 1 saturated heterocycles. The third-order valence-electron chi connectivity index (χ3n) is 6.61. The van der Waals surface area contributed by atoms with Gasteiger partial charge in [-0.1, -0.05) is 59.3 Å². The smallest absolute Gasteiger partial charge is 0.269 e. The first-order valence-electron chi connectivity index (χ1n) is 11.5. The largest absolute Gasteiger partial charge is 0.407 e. The Kier molecular flexibility index (Phi) is 10.3.